The van der Waals surface area contributed by atoms with Gasteiger partial charge in [0.05, 0.1) is 0 Å². The van der Waals surface area contributed by atoms with E-state index in [2.05, 4.69) is 11.8 Å². The fraction of sp³-hybridized carbons (Fsp3) is 1.00. The zero-order chi connectivity index (χ0) is 10.2. The van der Waals surface area contributed by atoms with Crippen LogP contribution in [0.4, 0.5) is 0 Å². The molecule has 2 nitrogen and oxygen atoms in total. The van der Waals surface area contributed by atoms with Crippen LogP contribution in [-0.4, -0.2) is 47.3 Å². The van der Waals surface area contributed by atoms with Gasteiger partial charge in [-0.3, -0.25) is 0 Å². The Hall–Kier alpha value is 0.270. The summed E-state index contributed by atoms with van der Waals surface area (Å²) in [6, 6.07) is 0. The molecule has 1 N–H and O–H groups in total. The quantitative estimate of drug-likeness (QED) is 0.660. The molecule has 0 aliphatic carbocycles. The molecule has 3 heteroatoms. The van der Waals surface area contributed by atoms with E-state index in [1.165, 1.54) is 44.6 Å². The van der Waals surface area contributed by atoms with E-state index in [0.29, 0.717) is 11.9 Å². The number of nitrogens with zero attached hydrogens (tertiary/aromatic N) is 1. The first kappa shape index (κ1) is 12.3. The van der Waals surface area contributed by atoms with Crippen molar-refractivity contribution in [3.05, 3.63) is 0 Å². The van der Waals surface area contributed by atoms with E-state index in [1.54, 1.807) is 0 Å². The Morgan fingerprint density at radius 2 is 2.07 bits per heavy atom. The van der Waals surface area contributed by atoms with Crippen molar-refractivity contribution in [2.45, 2.75) is 37.9 Å². The van der Waals surface area contributed by atoms with Crippen LogP contribution >= 0.6 is 11.8 Å². The number of aliphatic hydroxyl groups excluding tert-OH is 1. The maximum Gasteiger partial charge on any atom is 0.0441 e. The van der Waals surface area contributed by atoms with Crippen molar-refractivity contribution in [1.29, 1.82) is 0 Å². The third-order valence-electron chi connectivity index (χ3n) is 2.76. The SMILES string of the molecule is CC(CCO)SCCCN1CCCC1. The van der Waals surface area contributed by atoms with Gasteiger partial charge < -0.3 is 10.0 Å². The summed E-state index contributed by atoms with van der Waals surface area (Å²) in [6.07, 6.45) is 5.04. The molecular weight excluding hydrogens is 194 g/mol. The molecule has 0 aromatic carbocycles. The monoisotopic (exact) mass is 217 g/mol. The molecule has 0 aromatic heterocycles. The molecule has 0 aromatic rings. The number of likely N-dealkylation sites (tertiary alicyclic amines) is 1. The molecule has 84 valence electrons. The number of rotatable bonds is 7. The van der Waals surface area contributed by atoms with Crippen molar-refractivity contribution in [1.82, 2.24) is 4.90 Å². The second kappa shape index (κ2) is 7.55. The van der Waals surface area contributed by atoms with E-state index >= 15 is 0 Å². The Morgan fingerprint density at radius 1 is 1.36 bits per heavy atom. The molecule has 1 heterocycles. The molecule has 1 saturated heterocycles. The lowest BCUT2D eigenvalue weighted by Crippen LogP contribution is -2.20. The average Bonchev–Trinajstić information content (AvgIpc) is 2.65. The van der Waals surface area contributed by atoms with Gasteiger partial charge in [0.25, 0.3) is 0 Å². The molecule has 1 rings (SSSR count). The molecule has 0 amide bonds. The molecule has 14 heavy (non-hydrogen) atoms. The maximum absolute atomic E-state index is 8.74. The van der Waals surface area contributed by atoms with Crippen molar-refractivity contribution in [3.63, 3.8) is 0 Å². The summed E-state index contributed by atoms with van der Waals surface area (Å²) >= 11 is 2.00. The third-order valence-corrected chi connectivity index (χ3v) is 4.08. The van der Waals surface area contributed by atoms with Gasteiger partial charge in [-0.05, 0) is 51.1 Å². The maximum atomic E-state index is 8.74. The minimum absolute atomic E-state index is 0.334. The van der Waals surface area contributed by atoms with Crippen molar-refractivity contribution >= 4 is 11.8 Å². The average molecular weight is 217 g/mol. The van der Waals surface area contributed by atoms with Crippen LogP contribution in [0.25, 0.3) is 0 Å². The first-order valence-corrected chi connectivity index (χ1v) is 6.82. The van der Waals surface area contributed by atoms with Gasteiger partial charge in [0.1, 0.15) is 0 Å². The second-order valence-corrected chi connectivity index (χ2v) is 5.64. The van der Waals surface area contributed by atoms with Crippen LogP contribution in [0.5, 0.6) is 0 Å². The highest BCUT2D eigenvalue weighted by Crippen LogP contribution is 2.15. The lowest BCUT2D eigenvalue weighted by molar-refractivity contribution is 0.289. The molecule has 1 fully saturated rings. The predicted molar refractivity (Wildman–Crippen MR) is 63.9 cm³/mol. The molecule has 0 spiro atoms. The number of aliphatic hydroxyl groups is 1. The van der Waals surface area contributed by atoms with Crippen molar-refractivity contribution < 1.29 is 5.11 Å². The van der Waals surface area contributed by atoms with E-state index < -0.39 is 0 Å². The molecule has 1 aliphatic heterocycles. The third kappa shape index (κ3) is 5.23. The zero-order valence-electron chi connectivity index (χ0n) is 9.24. The minimum Gasteiger partial charge on any atom is -0.396 e. The minimum atomic E-state index is 0.334. The highest BCUT2D eigenvalue weighted by atomic mass is 32.2. The summed E-state index contributed by atoms with van der Waals surface area (Å²) in [5.74, 6) is 1.25. The van der Waals surface area contributed by atoms with E-state index in [-0.39, 0.29) is 0 Å². The predicted octanol–water partition coefficient (Wildman–Crippen LogP) is 1.98. The highest BCUT2D eigenvalue weighted by Gasteiger charge is 2.10. The Kier molecular flexibility index (Phi) is 6.65. The standard InChI is InChI=1S/C11H23NOS/c1-11(5-9-13)14-10-4-8-12-6-2-3-7-12/h11,13H,2-10H2,1H3. The van der Waals surface area contributed by atoms with Crippen LogP contribution in [0.1, 0.15) is 32.6 Å². The van der Waals surface area contributed by atoms with Crippen LogP contribution in [0, 0.1) is 0 Å². The van der Waals surface area contributed by atoms with Gasteiger partial charge in [0.2, 0.25) is 0 Å². The Morgan fingerprint density at radius 3 is 2.71 bits per heavy atom. The molecule has 1 atom stereocenters. The van der Waals surface area contributed by atoms with Gasteiger partial charge in [-0.2, -0.15) is 11.8 Å². The molecule has 1 unspecified atom stereocenters. The van der Waals surface area contributed by atoms with E-state index in [4.69, 9.17) is 5.11 Å². The first-order chi connectivity index (χ1) is 6.83. The summed E-state index contributed by atoms with van der Waals surface area (Å²) in [6.45, 7) is 6.45. The fourth-order valence-electron chi connectivity index (χ4n) is 1.84. The van der Waals surface area contributed by atoms with Crippen molar-refractivity contribution in [2.24, 2.45) is 0 Å². The van der Waals surface area contributed by atoms with Crippen molar-refractivity contribution in [2.75, 3.05) is 32.0 Å². The normalized spacial score (nSPS) is 20.1. The van der Waals surface area contributed by atoms with Crippen LogP contribution in [-0.2, 0) is 0 Å². The molecule has 0 radical (unpaired) electrons. The van der Waals surface area contributed by atoms with Crippen LogP contribution < -0.4 is 0 Å². The van der Waals surface area contributed by atoms with Gasteiger partial charge in [-0.1, -0.05) is 6.92 Å². The summed E-state index contributed by atoms with van der Waals surface area (Å²) in [5.41, 5.74) is 0. The number of hydrogen-bond acceptors (Lipinski definition) is 3. The van der Waals surface area contributed by atoms with Gasteiger partial charge in [-0.25, -0.2) is 0 Å². The zero-order valence-corrected chi connectivity index (χ0v) is 10.1. The molecule has 0 bridgehead atoms. The second-order valence-electron chi connectivity index (χ2n) is 4.10. The number of thioether (sulfide) groups is 1. The lowest BCUT2D eigenvalue weighted by atomic mass is 10.3. The van der Waals surface area contributed by atoms with Crippen molar-refractivity contribution in [3.8, 4) is 0 Å². The van der Waals surface area contributed by atoms with Gasteiger partial charge in [-0.15, -0.1) is 0 Å². The Bertz CT molecular complexity index is 137. The topological polar surface area (TPSA) is 23.5 Å². The van der Waals surface area contributed by atoms with E-state index in [9.17, 15) is 0 Å². The molecule has 1 aliphatic rings. The lowest BCUT2D eigenvalue weighted by Gasteiger charge is -2.15. The largest absolute Gasteiger partial charge is 0.396 e. The smallest absolute Gasteiger partial charge is 0.0441 e. The van der Waals surface area contributed by atoms with E-state index in [0.717, 1.165) is 6.42 Å². The summed E-state index contributed by atoms with van der Waals surface area (Å²) in [5, 5.41) is 9.37. The van der Waals surface area contributed by atoms with Gasteiger partial charge >= 0.3 is 0 Å². The molecule has 0 saturated carbocycles. The summed E-state index contributed by atoms with van der Waals surface area (Å²) in [7, 11) is 0. The highest BCUT2D eigenvalue weighted by molar-refractivity contribution is 7.99. The van der Waals surface area contributed by atoms with Crippen LogP contribution in [0.3, 0.4) is 0 Å². The van der Waals surface area contributed by atoms with Crippen LogP contribution in [0.15, 0.2) is 0 Å². The summed E-state index contributed by atoms with van der Waals surface area (Å²) in [4.78, 5) is 2.57. The van der Waals surface area contributed by atoms with Crippen LogP contribution in [0.2, 0.25) is 0 Å². The Labute approximate surface area is 92.1 Å². The molecular formula is C11H23NOS. The fourth-order valence-corrected chi connectivity index (χ4v) is 2.81. The Balaban J connectivity index is 1.88. The first-order valence-electron chi connectivity index (χ1n) is 5.77. The number of hydrogen-bond donors (Lipinski definition) is 1. The summed E-state index contributed by atoms with van der Waals surface area (Å²) < 4.78 is 0. The van der Waals surface area contributed by atoms with Gasteiger partial charge in [0, 0.05) is 11.9 Å². The van der Waals surface area contributed by atoms with Gasteiger partial charge in [0.15, 0.2) is 0 Å². The van der Waals surface area contributed by atoms with E-state index in [1.807, 2.05) is 11.8 Å².